The van der Waals surface area contributed by atoms with E-state index in [0.29, 0.717) is 12.2 Å². The van der Waals surface area contributed by atoms with Crippen LogP contribution in [0.15, 0.2) is 18.2 Å². The number of aromatic nitrogens is 2. The van der Waals surface area contributed by atoms with Gasteiger partial charge in [-0.1, -0.05) is 6.07 Å². The van der Waals surface area contributed by atoms with Crippen LogP contribution in [-0.4, -0.2) is 46.6 Å². The van der Waals surface area contributed by atoms with Gasteiger partial charge >= 0.3 is 7.55 Å². The summed E-state index contributed by atoms with van der Waals surface area (Å²) in [6.45, 7) is 2.55. The predicted octanol–water partition coefficient (Wildman–Crippen LogP) is 0.694. The fraction of sp³-hybridized carbons (Fsp3) is 0.333. The highest BCUT2D eigenvalue weighted by Gasteiger charge is 2.28. The van der Waals surface area contributed by atoms with Gasteiger partial charge in [-0.3, -0.25) is 9.20 Å². The molecular formula is C12H14BN4O. The zero-order valence-electron chi connectivity index (χ0n) is 10.7. The van der Waals surface area contributed by atoms with Crippen molar-refractivity contribution in [3.05, 3.63) is 35.3 Å². The molecule has 0 atom stereocenters. The Morgan fingerprint density at radius 2 is 2.17 bits per heavy atom. The van der Waals surface area contributed by atoms with Crippen LogP contribution in [0.25, 0.3) is 5.65 Å². The minimum atomic E-state index is 0.0131. The number of pyridine rings is 1. The maximum Gasteiger partial charge on any atom is 0.354 e. The van der Waals surface area contributed by atoms with E-state index in [9.17, 15) is 4.79 Å². The molecule has 0 saturated carbocycles. The third kappa shape index (κ3) is 1.53. The van der Waals surface area contributed by atoms with Gasteiger partial charge in [-0.25, -0.2) is 4.98 Å². The van der Waals surface area contributed by atoms with Gasteiger partial charge in [-0.15, -0.1) is 0 Å². The molecule has 0 saturated heterocycles. The lowest BCUT2D eigenvalue weighted by Crippen LogP contribution is -2.44. The van der Waals surface area contributed by atoms with Crippen LogP contribution in [0.3, 0.4) is 0 Å². The minimum Gasteiger partial charge on any atom is -0.364 e. The van der Waals surface area contributed by atoms with Crippen molar-refractivity contribution in [2.45, 2.75) is 13.5 Å². The molecule has 0 unspecified atom stereocenters. The van der Waals surface area contributed by atoms with E-state index in [1.165, 1.54) is 0 Å². The lowest BCUT2D eigenvalue weighted by Gasteiger charge is -2.29. The second-order valence-electron chi connectivity index (χ2n) is 4.76. The number of aryl methyl sites for hydroxylation is 1. The van der Waals surface area contributed by atoms with Crippen LogP contribution in [-0.2, 0) is 6.54 Å². The Labute approximate surface area is 106 Å². The average Bonchev–Trinajstić information content (AvgIpc) is 2.62. The second-order valence-corrected chi connectivity index (χ2v) is 4.76. The first-order chi connectivity index (χ1) is 8.58. The normalized spacial score (nSPS) is 14.7. The lowest BCUT2D eigenvalue weighted by atomic mass is 10.0. The summed E-state index contributed by atoms with van der Waals surface area (Å²) < 4.78 is 1.96. The first kappa shape index (κ1) is 11.3. The van der Waals surface area contributed by atoms with Crippen molar-refractivity contribution >= 4 is 19.1 Å². The molecule has 0 aromatic carbocycles. The molecule has 2 aromatic heterocycles. The van der Waals surface area contributed by atoms with Crippen molar-refractivity contribution in [2.24, 2.45) is 0 Å². The molecule has 1 aliphatic heterocycles. The number of rotatable bonds is 2. The first-order valence-electron chi connectivity index (χ1n) is 5.87. The van der Waals surface area contributed by atoms with Crippen LogP contribution in [0.4, 0.5) is 0 Å². The van der Waals surface area contributed by atoms with E-state index in [2.05, 4.69) is 4.98 Å². The van der Waals surface area contributed by atoms with Crippen molar-refractivity contribution in [1.82, 2.24) is 19.0 Å². The quantitative estimate of drug-likeness (QED) is 0.726. The summed E-state index contributed by atoms with van der Waals surface area (Å²) in [6, 6.07) is 5.64. The van der Waals surface area contributed by atoms with Crippen molar-refractivity contribution in [1.29, 1.82) is 0 Å². The molecule has 2 aromatic rings. The maximum atomic E-state index is 12.4. The SMILES string of the molecule is Cc1nc2cccc3n2c1CN([B]N(C)C)C3=O. The third-order valence-electron chi connectivity index (χ3n) is 3.11. The molecule has 1 radical (unpaired) electrons. The van der Waals surface area contributed by atoms with E-state index in [-0.39, 0.29) is 5.91 Å². The topological polar surface area (TPSA) is 40.9 Å². The standard InChI is InChI=1S/C12H14BN4O/c1-8-10-7-16(13-15(2)3)12(18)9-5-4-6-11(14-8)17(9)10/h4-6H,7H2,1-3H3. The highest BCUT2D eigenvalue weighted by atomic mass is 16.2. The summed E-state index contributed by atoms with van der Waals surface area (Å²) in [4.78, 5) is 20.5. The summed E-state index contributed by atoms with van der Waals surface area (Å²) in [5.74, 6) is 0.0131. The van der Waals surface area contributed by atoms with E-state index < -0.39 is 0 Å². The van der Waals surface area contributed by atoms with E-state index in [1.54, 1.807) is 4.81 Å². The van der Waals surface area contributed by atoms with E-state index in [1.807, 2.05) is 56.0 Å². The molecule has 1 amide bonds. The number of hydrogen-bond acceptors (Lipinski definition) is 3. The average molecular weight is 241 g/mol. The lowest BCUT2D eigenvalue weighted by molar-refractivity contribution is 0.0823. The summed E-state index contributed by atoms with van der Waals surface area (Å²) >= 11 is 0. The number of imidazole rings is 1. The Hall–Kier alpha value is -1.82. The van der Waals surface area contributed by atoms with Crippen molar-refractivity contribution in [2.75, 3.05) is 14.1 Å². The molecule has 6 heteroatoms. The van der Waals surface area contributed by atoms with E-state index >= 15 is 0 Å². The Bertz CT molecular complexity index is 634. The molecule has 1 aliphatic rings. The van der Waals surface area contributed by atoms with Crippen LogP contribution in [0.1, 0.15) is 21.9 Å². The fourth-order valence-electron chi connectivity index (χ4n) is 2.37. The van der Waals surface area contributed by atoms with Gasteiger partial charge in [0, 0.05) is 0 Å². The largest absolute Gasteiger partial charge is 0.364 e. The van der Waals surface area contributed by atoms with Crippen LogP contribution < -0.4 is 0 Å². The van der Waals surface area contributed by atoms with Crippen LogP contribution in [0, 0.1) is 6.92 Å². The van der Waals surface area contributed by atoms with Crippen molar-refractivity contribution in [3.63, 3.8) is 0 Å². The number of amides is 1. The van der Waals surface area contributed by atoms with Gasteiger partial charge in [-0.2, -0.15) is 0 Å². The van der Waals surface area contributed by atoms with Gasteiger partial charge in [0.05, 0.1) is 17.9 Å². The molecule has 3 heterocycles. The summed E-state index contributed by atoms with van der Waals surface area (Å²) in [7, 11) is 5.64. The number of hydrogen-bond donors (Lipinski definition) is 0. The fourth-order valence-corrected chi connectivity index (χ4v) is 2.37. The summed E-state index contributed by atoms with van der Waals surface area (Å²) in [5, 5.41) is 0. The maximum absolute atomic E-state index is 12.4. The van der Waals surface area contributed by atoms with Gasteiger partial charge in [0.15, 0.2) is 0 Å². The highest BCUT2D eigenvalue weighted by molar-refractivity contribution is 6.34. The molecule has 3 rings (SSSR count). The molecule has 0 spiro atoms. The molecule has 0 aliphatic carbocycles. The Kier molecular flexibility index (Phi) is 2.41. The zero-order chi connectivity index (χ0) is 12.9. The monoisotopic (exact) mass is 241 g/mol. The Morgan fingerprint density at radius 3 is 2.89 bits per heavy atom. The number of nitrogens with zero attached hydrogens (tertiary/aromatic N) is 4. The minimum absolute atomic E-state index is 0.0131. The van der Waals surface area contributed by atoms with Gasteiger partial charge in [-0.05, 0) is 33.2 Å². The van der Waals surface area contributed by atoms with Gasteiger partial charge in [0.1, 0.15) is 11.3 Å². The Morgan fingerprint density at radius 1 is 1.39 bits per heavy atom. The van der Waals surface area contributed by atoms with Gasteiger partial charge in [0.2, 0.25) is 0 Å². The van der Waals surface area contributed by atoms with Crippen LogP contribution >= 0.6 is 0 Å². The van der Waals surface area contributed by atoms with Crippen LogP contribution in [0.2, 0.25) is 0 Å². The Balaban J connectivity index is 2.16. The van der Waals surface area contributed by atoms with E-state index in [0.717, 1.165) is 17.0 Å². The predicted molar refractivity (Wildman–Crippen MR) is 69.2 cm³/mol. The molecule has 5 nitrogen and oxygen atoms in total. The molecular weight excluding hydrogens is 227 g/mol. The van der Waals surface area contributed by atoms with Gasteiger partial charge < -0.3 is 9.62 Å². The first-order valence-corrected chi connectivity index (χ1v) is 5.87. The molecule has 0 fully saturated rings. The summed E-state index contributed by atoms with van der Waals surface area (Å²) in [6.07, 6.45) is 0. The number of carbonyl (C=O) groups is 1. The zero-order valence-corrected chi connectivity index (χ0v) is 10.7. The molecule has 18 heavy (non-hydrogen) atoms. The van der Waals surface area contributed by atoms with Crippen molar-refractivity contribution < 1.29 is 4.79 Å². The molecule has 0 bridgehead atoms. The van der Waals surface area contributed by atoms with E-state index in [4.69, 9.17) is 0 Å². The third-order valence-corrected chi connectivity index (χ3v) is 3.11. The molecule has 91 valence electrons. The highest BCUT2D eigenvalue weighted by Crippen LogP contribution is 2.22. The number of carbonyl (C=O) groups excluding carboxylic acids is 1. The van der Waals surface area contributed by atoms with Crippen LogP contribution in [0.5, 0.6) is 0 Å². The summed E-state index contributed by atoms with van der Waals surface area (Å²) in [5.41, 5.74) is 3.58. The second kappa shape index (κ2) is 3.85. The smallest absolute Gasteiger partial charge is 0.354 e. The molecule has 0 N–H and O–H groups in total. The van der Waals surface area contributed by atoms with Crippen molar-refractivity contribution in [3.8, 4) is 0 Å². The van der Waals surface area contributed by atoms with Gasteiger partial charge in [0.25, 0.3) is 5.91 Å².